The molecule has 0 saturated carbocycles. The van der Waals surface area contributed by atoms with Gasteiger partial charge >= 0.3 is 6.09 Å². The second-order valence-electron chi connectivity index (χ2n) is 6.48. The zero-order valence-corrected chi connectivity index (χ0v) is 14.7. The first-order valence-corrected chi connectivity index (χ1v) is 8.41. The first-order chi connectivity index (χ1) is 10.6. The van der Waals surface area contributed by atoms with Crippen LogP contribution in [0.4, 0.5) is 9.93 Å². The third kappa shape index (κ3) is 4.65. The van der Waals surface area contributed by atoms with Crippen LogP contribution in [0.2, 0.25) is 0 Å². The fourth-order valence-electron chi connectivity index (χ4n) is 2.57. The lowest BCUT2D eigenvalue weighted by molar-refractivity contribution is -0.132. The minimum Gasteiger partial charge on any atom is -0.465 e. The third-order valence-corrected chi connectivity index (χ3v) is 4.66. The van der Waals surface area contributed by atoms with Crippen molar-refractivity contribution in [3.05, 3.63) is 11.6 Å². The number of hydrogen-bond donors (Lipinski definition) is 4. The second kappa shape index (κ2) is 7.74. The van der Waals surface area contributed by atoms with Gasteiger partial charge in [0, 0.05) is 11.6 Å². The first-order valence-electron chi connectivity index (χ1n) is 7.53. The molecule has 0 aliphatic carbocycles. The number of nitrogens with zero attached hydrogens (tertiary/aromatic N) is 1. The van der Waals surface area contributed by atoms with Gasteiger partial charge in [-0.15, -0.1) is 11.3 Å². The predicted molar refractivity (Wildman–Crippen MR) is 89.6 cm³/mol. The molecule has 1 heterocycles. The van der Waals surface area contributed by atoms with Crippen molar-refractivity contribution in [2.24, 2.45) is 5.41 Å². The fraction of sp³-hybridized carbons (Fsp3) is 0.667. The monoisotopic (exact) mass is 343 g/mol. The summed E-state index contributed by atoms with van der Waals surface area (Å²) in [7, 11) is 0. The van der Waals surface area contributed by atoms with Gasteiger partial charge in [0.05, 0.1) is 5.54 Å². The maximum absolute atomic E-state index is 12.4. The van der Waals surface area contributed by atoms with Crippen LogP contribution in [0.5, 0.6) is 0 Å². The topological polar surface area (TPSA) is 112 Å². The number of nitrogens with one attached hydrogen (secondary N) is 2. The van der Waals surface area contributed by atoms with Crippen LogP contribution in [-0.2, 0) is 4.79 Å². The minimum atomic E-state index is -1.53. The summed E-state index contributed by atoms with van der Waals surface area (Å²) in [5.74, 6) is -0.667. The van der Waals surface area contributed by atoms with E-state index in [4.69, 9.17) is 0 Å². The molecule has 2 amide bonds. The Morgan fingerprint density at radius 2 is 2.04 bits per heavy atom. The zero-order chi connectivity index (χ0) is 17.7. The summed E-state index contributed by atoms with van der Waals surface area (Å²) < 4.78 is 0. The molecule has 0 aromatic carbocycles. The van der Waals surface area contributed by atoms with Gasteiger partial charge in [0.25, 0.3) is 5.91 Å². The average Bonchev–Trinajstić information content (AvgIpc) is 2.93. The van der Waals surface area contributed by atoms with Crippen LogP contribution in [0.1, 0.15) is 47.0 Å². The lowest BCUT2D eigenvalue weighted by Crippen LogP contribution is -2.66. The standard InChI is InChI=1S/C15H25N3O4S/c1-5-6-7-15(14(2,3)4,18-13(21)22)10(19)11(20)17-12-16-8-9-23-12/h8-10,18-19H,5-7H2,1-4H3,(H,21,22)(H,16,17,20)/t10-,15?/m1/s1. The third-order valence-electron chi connectivity index (χ3n) is 3.97. The smallest absolute Gasteiger partial charge is 0.405 e. The average molecular weight is 343 g/mol. The Bertz CT molecular complexity index is 527. The molecule has 0 fully saturated rings. The van der Waals surface area contributed by atoms with Gasteiger partial charge in [-0.2, -0.15) is 0 Å². The number of carbonyl (C=O) groups excluding carboxylic acids is 1. The van der Waals surface area contributed by atoms with E-state index >= 15 is 0 Å². The molecule has 1 unspecified atom stereocenters. The molecule has 0 saturated heterocycles. The van der Waals surface area contributed by atoms with E-state index in [1.54, 1.807) is 26.2 Å². The van der Waals surface area contributed by atoms with E-state index in [1.165, 1.54) is 17.5 Å². The van der Waals surface area contributed by atoms with Gasteiger partial charge in [-0.1, -0.05) is 40.5 Å². The van der Waals surface area contributed by atoms with E-state index in [9.17, 15) is 19.8 Å². The van der Waals surface area contributed by atoms with Gasteiger partial charge in [0.1, 0.15) is 0 Å². The molecule has 1 rings (SSSR count). The summed E-state index contributed by atoms with van der Waals surface area (Å²) in [6.45, 7) is 7.38. The Morgan fingerprint density at radius 1 is 1.39 bits per heavy atom. The van der Waals surface area contributed by atoms with Crippen molar-refractivity contribution in [2.45, 2.75) is 58.6 Å². The van der Waals surface area contributed by atoms with Gasteiger partial charge in [-0.3, -0.25) is 10.1 Å². The summed E-state index contributed by atoms with van der Waals surface area (Å²) in [5, 5.41) is 26.9. The summed E-state index contributed by atoms with van der Waals surface area (Å²) >= 11 is 1.23. The van der Waals surface area contributed by atoms with Gasteiger partial charge in [0.15, 0.2) is 11.2 Å². The Kier molecular flexibility index (Phi) is 6.52. The molecule has 1 aromatic heterocycles. The predicted octanol–water partition coefficient (Wildman–Crippen LogP) is 2.69. The molecule has 4 N–H and O–H groups in total. The zero-order valence-electron chi connectivity index (χ0n) is 13.9. The van der Waals surface area contributed by atoms with Gasteiger partial charge in [-0.25, -0.2) is 9.78 Å². The highest BCUT2D eigenvalue weighted by Crippen LogP contribution is 2.38. The van der Waals surface area contributed by atoms with Crippen molar-refractivity contribution in [1.29, 1.82) is 0 Å². The molecule has 130 valence electrons. The molecule has 0 radical (unpaired) electrons. The Morgan fingerprint density at radius 3 is 2.48 bits per heavy atom. The SMILES string of the molecule is CCCCC(NC(=O)O)([C@H](O)C(=O)Nc1nccs1)C(C)(C)C. The number of carbonyl (C=O) groups is 2. The number of hydrogen-bond acceptors (Lipinski definition) is 5. The summed E-state index contributed by atoms with van der Waals surface area (Å²) in [6, 6.07) is 0. The molecule has 1 aromatic rings. The molecule has 23 heavy (non-hydrogen) atoms. The molecule has 0 bridgehead atoms. The van der Waals surface area contributed by atoms with Crippen LogP contribution in [0.25, 0.3) is 0 Å². The van der Waals surface area contributed by atoms with E-state index in [-0.39, 0.29) is 0 Å². The van der Waals surface area contributed by atoms with Crippen LogP contribution >= 0.6 is 11.3 Å². The highest BCUT2D eigenvalue weighted by atomic mass is 32.1. The van der Waals surface area contributed by atoms with Crippen molar-refractivity contribution < 1.29 is 19.8 Å². The molecule has 0 aliphatic rings. The summed E-state index contributed by atoms with van der Waals surface area (Å²) in [4.78, 5) is 27.7. The van der Waals surface area contributed by atoms with E-state index in [0.29, 0.717) is 18.0 Å². The molecular formula is C15H25N3O4S. The number of thiazole rings is 1. The summed E-state index contributed by atoms with van der Waals surface area (Å²) in [5.41, 5.74) is -1.96. The largest absolute Gasteiger partial charge is 0.465 e. The molecule has 8 heteroatoms. The van der Waals surface area contributed by atoms with Crippen molar-refractivity contribution in [3.8, 4) is 0 Å². The maximum atomic E-state index is 12.4. The van der Waals surface area contributed by atoms with E-state index in [0.717, 1.165) is 6.42 Å². The van der Waals surface area contributed by atoms with Crippen molar-refractivity contribution in [1.82, 2.24) is 10.3 Å². The summed E-state index contributed by atoms with van der Waals surface area (Å²) in [6.07, 6.45) is 0.590. The number of anilines is 1. The Labute approximate surface area is 140 Å². The number of aliphatic hydroxyl groups is 1. The van der Waals surface area contributed by atoms with Crippen LogP contribution < -0.4 is 10.6 Å². The van der Waals surface area contributed by atoms with E-state index in [1.807, 2.05) is 6.92 Å². The van der Waals surface area contributed by atoms with Crippen molar-refractivity contribution in [2.75, 3.05) is 5.32 Å². The number of amides is 2. The number of aliphatic hydroxyl groups excluding tert-OH is 1. The van der Waals surface area contributed by atoms with Crippen LogP contribution in [0.15, 0.2) is 11.6 Å². The van der Waals surface area contributed by atoms with Crippen LogP contribution in [0.3, 0.4) is 0 Å². The minimum absolute atomic E-state index is 0.353. The maximum Gasteiger partial charge on any atom is 0.405 e. The van der Waals surface area contributed by atoms with Gasteiger partial charge in [-0.05, 0) is 11.8 Å². The Balaban J connectivity index is 3.13. The second-order valence-corrected chi connectivity index (χ2v) is 7.38. The first kappa shape index (κ1) is 19.4. The van der Waals surface area contributed by atoms with E-state index < -0.39 is 29.1 Å². The van der Waals surface area contributed by atoms with Crippen LogP contribution in [-0.4, -0.2) is 38.8 Å². The van der Waals surface area contributed by atoms with Crippen molar-refractivity contribution in [3.63, 3.8) is 0 Å². The quantitative estimate of drug-likeness (QED) is 0.608. The molecule has 0 spiro atoms. The fourth-order valence-corrected chi connectivity index (χ4v) is 3.10. The van der Waals surface area contributed by atoms with E-state index in [2.05, 4.69) is 15.6 Å². The Hall–Kier alpha value is -1.67. The molecular weight excluding hydrogens is 318 g/mol. The molecule has 7 nitrogen and oxygen atoms in total. The number of rotatable bonds is 7. The number of aromatic nitrogens is 1. The normalized spacial score (nSPS) is 15.5. The van der Waals surface area contributed by atoms with Crippen molar-refractivity contribution >= 4 is 28.5 Å². The highest BCUT2D eigenvalue weighted by molar-refractivity contribution is 7.13. The van der Waals surface area contributed by atoms with Gasteiger partial charge < -0.3 is 15.5 Å². The molecule has 0 aliphatic heterocycles. The lowest BCUT2D eigenvalue weighted by atomic mass is 9.67. The molecule has 2 atom stereocenters. The highest BCUT2D eigenvalue weighted by Gasteiger charge is 2.51. The number of carboxylic acid groups (broad SMARTS) is 1. The lowest BCUT2D eigenvalue weighted by Gasteiger charge is -2.47. The van der Waals surface area contributed by atoms with Crippen LogP contribution in [0, 0.1) is 5.41 Å². The van der Waals surface area contributed by atoms with Gasteiger partial charge in [0.2, 0.25) is 0 Å². The number of unbranched alkanes of at least 4 members (excludes halogenated alkanes) is 1.